The van der Waals surface area contributed by atoms with E-state index in [1.165, 1.54) is 15.4 Å². The summed E-state index contributed by atoms with van der Waals surface area (Å²) in [6.07, 6.45) is 0.850. The summed E-state index contributed by atoms with van der Waals surface area (Å²) in [5.74, 6) is -0.475. The van der Waals surface area contributed by atoms with Crippen LogP contribution in [0.3, 0.4) is 0 Å². The van der Waals surface area contributed by atoms with Crippen molar-refractivity contribution >= 4 is 29.2 Å². The molecule has 0 spiro atoms. The minimum atomic E-state index is -0.806. The number of nitrogens with zero attached hydrogens (tertiary/aromatic N) is 2. The first-order chi connectivity index (χ1) is 13.9. The summed E-state index contributed by atoms with van der Waals surface area (Å²) in [4.78, 5) is 41.4. The first-order valence-electron chi connectivity index (χ1n) is 9.99. The lowest BCUT2D eigenvalue weighted by Gasteiger charge is -2.23. The van der Waals surface area contributed by atoms with Gasteiger partial charge in [0.25, 0.3) is 5.91 Å². The lowest BCUT2D eigenvalue weighted by Crippen LogP contribution is -2.40. The largest absolute Gasteiger partial charge is 0.332 e. The number of benzene rings is 2. The fourth-order valence-corrected chi connectivity index (χ4v) is 3.46. The van der Waals surface area contributed by atoms with Crippen molar-refractivity contribution in [2.45, 2.75) is 39.7 Å². The standard InChI is InChI=1S/C23H27N3O3/c1-4-17-10-12-18(13-11-17)24-21(27)14-20-22(28)26(19-8-6-5-7-9-19)23(29)25(20)15-16(2)3/h5-13,16,20H,4,14-15H2,1-3H3,(H,24,27). The summed E-state index contributed by atoms with van der Waals surface area (Å²) in [6, 6.07) is 15.3. The lowest BCUT2D eigenvalue weighted by molar-refractivity contribution is -0.124. The molecule has 0 bridgehead atoms. The quantitative estimate of drug-likeness (QED) is 0.721. The van der Waals surface area contributed by atoms with Gasteiger partial charge in [-0.25, -0.2) is 9.69 Å². The van der Waals surface area contributed by atoms with Gasteiger partial charge < -0.3 is 10.2 Å². The lowest BCUT2D eigenvalue weighted by atomic mass is 10.1. The zero-order valence-corrected chi connectivity index (χ0v) is 17.1. The van der Waals surface area contributed by atoms with Crippen molar-refractivity contribution in [1.82, 2.24) is 4.90 Å². The number of imide groups is 1. The van der Waals surface area contributed by atoms with Gasteiger partial charge in [0.05, 0.1) is 12.1 Å². The molecule has 6 heteroatoms. The van der Waals surface area contributed by atoms with Crippen LogP contribution in [-0.4, -0.2) is 35.3 Å². The molecule has 1 aliphatic heterocycles. The summed E-state index contributed by atoms with van der Waals surface area (Å²) in [5.41, 5.74) is 2.38. The molecule has 1 heterocycles. The van der Waals surface area contributed by atoms with E-state index in [0.717, 1.165) is 6.42 Å². The Kier molecular flexibility index (Phi) is 6.32. The Balaban J connectivity index is 1.78. The predicted molar refractivity (Wildman–Crippen MR) is 114 cm³/mol. The van der Waals surface area contributed by atoms with Gasteiger partial charge in [-0.3, -0.25) is 9.59 Å². The molecule has 0 radical (unpaired) electrons. The van der Waals surface area contributed by atoms with E-state index in [2.05, 4.69) is 12.2 Å². The van der Waals surface area contributed by atoms with Gasteiger partial charge in [0.2, 0.25) is 5.91 Å². The SMILES string of the molecule is CCc1ccc(NC(=O)CC2C(=O)N(c3ccccc3)C(=O)N2CC(C)C)cc1. The minimum absolute atomic E-state index is 0.0733. The number of aryl methyl sites for hydroxylation is 1. The van der Waals surface area contributed by atoms with Crippen LogP contribution in [0.5, 0.6) is 0 Å². The molecule has 0 aliphatic carbocycles. The van der Waals surface area contributed by atoms with Crippen LogP contribution in [0.15, 0.2) is 54.6 Å². The van der Waals surface area contributed by atoms with Crippen LogP contribution in [0.4, 0.5) is 16.2 Å². The molecule has 3 rings (SSSR count). The minimum Gasteiger partial charge on any atom is -0.326 e. The third-order valence-electron chi connectivity index (χ3n) is 4.92. The molecule has 0 saturated carbocycles. The van der Waals surface area contributed by atoms with Crippen LogP contribution in [0.1, 0.15) is 32.8 Å². The third kappa shape index (κ3) is 4.65. The van der Waals surface area contributed by atoms with E-state index < -0.39 is 6.04 Å². The van der Waals surface area contributed by atoms with Crippen molar-refractivity contribution in [3.05, 3.63) is 60.2 Å². The highest BCUT2D eigenvalue weighted by atomic mass is 16.2. The van der Waals surface area contributed by atoms with E-state index >= 15 is 0 Å². The van der Waals surface area contributed by atoms with E-state index in [-0.39, 0.29) is 30.2 Å². The van der Waals surface area contributed by atoms with Gasteiger partial charge in [-0.1, -0.05) is 51.1 Å². The Hall–Kier alpha value is -3.15. The molecule has 1 fully saturated rings. The van der Waals surface area contributed by atoms with E-state index in [4.69, 9.17) is 0 Å². The van der Waals surface area contributed by atoms with Gasteiger partial charge in [0.1, 0.15) is 6.04 Å². The first-order valence-corrected chi connectivity index (χ1v) is 9.99. The smallest absolute Gasteiger partial charge is 0.326 e. The van der Waals surface area contributed by atoms with E-state index in [1.54, 1.807) is 24.3 Å². The van der Waals surface area contributed by atoms with Gasteiger partial charge in [0.15, 0.2) is 0 Å². The molecular weight excluding hydrogens is 366 g/mol. The van der Waals surface area contributed by atoms with Crippen molar-refractivity contribution in [3.8, 4) is 0 Å². The maximum Gasteiger partial charge on any atom is 0.332 e. The summed E-state index contributed by atoms with van der Waals surface area (Å²) >= 11 is 0. The van der Waals surface area contributed by atoms with Crippen molar-refractivity contribution < 1.29 is 14.4 Å². The molecule has 2 aromatic carbocycles. The zero-order valence-electron chi connectivity index (χ0n) is 17.1. The maximum atomic E-state index is 13.1. The highest BCUT2D eigenvalue weighted by Crippen LogP contribution is 2.27. The average molecular weight is 393 g/mol. The van der Waals surface area contributed by atoms with Gasteiger partial charge >= 0.3 is 6.03 Å². The Morgan fingerprint density at radius 3 is 2.28 bits per heavy atom. The van der Waals surface area contributed by atoms with Gasteiger partial charge in [-0.2, -0.15) is 0 Å². The normalized spacial score (nSPS) is 16.6. The van der Waals surface area contributed by atoms with Crippen molar-refractivity contribution in [3.63, 3.8) is 0 Å². The van der Waals surface area contributed by atoms with Gasteiger partial charge in [-0.05, 0) is 42.2 Å². The van der Waals surface area contributed by atoms with Crippen LogP contribution < -0.4 is 10.2 Å². The van der Waals surface area contributed by atoms with Crippen LogP contribution in [0.2, 0.25) is 0 Å². The molecule has 29 heavy (non-hydrogen) atoms. The molecule has 1 saturated heterocycles. The maximum absolute atomic E-state index is 13.1. The molecule has 4 amide bonds. The van der Waals surface area contributed by atoms with Crippen LogP contribution in [-0.2, 0) is 16.0 Å². The Labute approximate surface area is 171 Å². The number of hydrogen-bond acceptors (Lipinski definition) is 3. The van der Waals surface area contributed by atoms with E-state index in [0.29, 0.717) is 17.9 Å². The Morgan fingerprint density at radius 2 is 1.69 bits per heavy atom. The second kappa shape index (κ2) is 8.90. The van der Waals surface area contributed by atoms with Crippen molar-refractivity contribution in [2.24, 2.45) is 5.92 Å². The number of urea groups is 1. The molecule has 0 aromatic heterocycles. The Bertz CT molecular complexity index is 878. The van der Waals surface area contributed by atoms with Crippen molar-refractivity contribution in [2.75, 3.05) is 16.8 Å². The number of hydrogen-bond donors (Lipinski definition) is 1. The number of amides is 4. The number of anilines is 2. The third-order valence-corrected chi connectivity index (χ3v) is 4.92. The molecule has 1 N–H and O–H groups in total. The summed E-state index contributed by atoms with van der Waals surface area (Å²) in [6.45, 7) is 6.44. The van der Waals surface area contributed by atoms with Crippen LogP contribution in [0.25, 0.3) is 0 Å². The van der Waals surface area contributed by atoms with Crippen LogP contribution in [0, 0.1) is 5.92 Å². The summed E-state index contributed by atoms with van der Waals surface area (Å²) in [5, 5.41) is 2.84. The monoisotopic (exact) mass is 393 g/mol. The predicted octanol–water partition coefficient (Wildman–Crippen LogP) is 4.07. The number of para-hydroxylation sites is 1. The molecule has 2 aromatic rings. The average Bonchev–Trinajstić information content (AvgIpc) is 2.92. The molecule has 1 atom stereocenters. The molecule has 6 nitrogen and oxygen atoms in total. The molecule has 152 valence electrons. The number of carbonyl (C=O) groups excluding carboxylic acids is 3. The summed E-state index contributed by atoms with van der Waals surface area (Å²) in [7, 11) is 0. The van der Waals surface area contributed by atoms with Gasteiger partial charge in [-0.15, -0.1) is 0 Å². The van der Waals surface area contributed by atoms with Crippen LogP contribution >= 0.6 is 0 Å². The first kappa shape index (κ1) is 20.6. The second-order valence-corrected chi connectivity index (χ2v) is 7.66. The fourth-order valence-electron chi connectivity index (χ4n) is 3.46. The number of rotatable bonds is 7. The van der Waals surface area contributed by atoms with Crippen molar-refractivity contribution in [1.29, 1.82) is 0 Å². The number of carbonyl (C=O) groups is 3. The molecule has 1 unspecified atom stereocenters. The highest BCUT2D eigenvalue weighted by molar-refractivity contribution is 6.22. The zero-order chi connectivity index (χ0) is 21.0. The Morgan fingerprint density at radius 1 is 1.03 bits per heavy atom. The molecule has 1 aliphatic rings. The molecular formula is C23H27N3O3. The van der Waals surface area contributed by atoms with E-state index in [9.17, 15) is 14.4 Å². The van der Waals surface area contributed by atoms with Gasteiger partial charge in [0, 0.05) is 12.2 Å². The summed E-state index contributed by atoms with van der Waals surface area (Å²) < 4.78 is 0. The fraction of sp³-hybridized carbons (Fsp3) is 0.348. The van der Waals surface area contributed by atoms with E-state index in [1.807, 2.05) is 44.2 Å². The topological polar surface area (TPSA) is 69.7 Å². The second-order valence-electron chi connectivity index (χ2n) is 7.66. The number of nitrogens with one attached hydrogen (secondary N) is 1. The highest BCUT2D eigenvalue weighted by Gasteiger charge is 2.46.